The quantitative estimate of drug-likeness (QED) is 0.569. The van der Waals surface area contributed by atoms with E-state index < -0.39 is 0 Å². The van der Waals surface area contributed by atoms with Gasteiger partial charge in [-0.1, -0.05) is 6.42 Å². The number of aliphatic hydroxyl groups excluding tert-OH is 1. The van der Waals surface area contributed by atoms with Gasteiger partial charge in [0.1, 0.15) is 0 Å². The minimum atomic E-state index is -0.0602. The highest BCUT2D eigenvalue weighted by molar-refractivity contribution is 4.92. The first-order chi connectivity index (χ1) is 10.1. The molecule has 1 atom stereocenters. The lowest BCUT2D eigenvalue weighted by atomic mass is 9.95. The molecule has 4 heteroatoms. The highest BCUT2D eigenvalue weighted by atomic mass is 16.3. The number of aliphatic hydroxyl groups is 1. The van der Waals surface area contributed by atoms with Gasteiger partial charge >= 0.3 is 0 Å². The highest BCUT2D eigenvalue weighted by Crippen LogP contribution is 2.24. The number of rotatable bonds is 11. The van der Waals surface area contributed by atoms with E-state index in [0.29, 0.717) is 6.04 Å². The van der Waals surface area contributed by atoms with Crippen LogP contribution >= 0.6 is 0 Å². The molecule has 2 aliphatic rings. The van der Waals surface area contributed by atoms with Gasteiger partial charge in [0.25, 0.3) is 0 Å². The lowest BCUT2D eigenvalue weighted by molar-refractivity contribution is 0.159. The summed E-state index contributed by atoms with van der Waals surface area (Å²) < 4.78 is 0. The van der Waals surface area contributed by atoms with Crippen LogP contribution < -0.4 is 5.32 Å². The number of likely N-dealkylation sites (N-methyl/N-ethyl adjacent to an activating group) is 1. The molecule has 0 aromatic carbocycles. The molecule has 1 saturated carbocycles. The Labute approximate surface area is 130 Å². The predicted octanol–water partition coefficient (Wildman–Crippen LogP) is 1.69. The summed E-state index contributed by atoms with van der Waals surface area (Å²) in [4.78, 5) is 5.04. The van der Waals surface area contributed by atoms with Gasteiger partial charge in [0.15, 0.2) is 0 Å². The Bertz CT molecular complexity index is 290. The standard InChI is InChI=1S/C17H35N3O/c1-17(15-21,18-16-7-8-16)9-3-4-10-19(2)13-14-20-11-5-6-12-20/h16,18,21H,3-15H2,1-2H3. The Morgan fingerprint density at radius 2 is 1.90 bits per heavy atom. The maximum atomic E-state index is 9.60. The molecule has 0 amide bonds. The van der Waals surface area contributed by atoms with E-state index in [4.69, 9.17) is 0 Å². The minimum Gasteiger partial charge on any atom is -0.394 e. The zero-order valence-electron chi connectivity index (χ0n) is 14.1. The normalized spacial score (nSPS) is 22.9. The Kier molecular flexibility index (Phi) is 6.93. The predicted molar refractivity (Wildman–Crippen MR) is 88.7 cm³/mol. The summed E-state index contributed by atoms with van der Waals surface area (Å²) in [5.41, 5.74) is -0.0602. The molecule has 1 unspecified atom stereocenters. The first-order valence-corrected chi connectivity index (χ1v) is 8.91. The molecule has 4 nitrogen and oxygen atoms in total. The van der Waals surface area contributed by atoms with Crippen molar-refractivity contribution >= 4 is 0 Å². The first-order valence-electron chi connectivity index (χ1n) is 8.91. The second kappa shape index (κ2) is 8.47. The maximum Gasteiger partial charge on any atom is 0.0610 e. The molecule has 0 spiro atoms. The summed E-state index contributed by atoms with van der Waals surface area (Å²) in [7, 11) is 2.24. The van der Waals surface area contributed by atoms with Crippen LogP contribution in [0.15, 0.2) is 0 Å². The Balaban J connectivity index is 1.51. The topological polar surface area (TPSA) is 38.7 Å². The summed E-state index contributed by atoms with van der Waals surface area (Å²) in [5, 5.41) is 13.2. The largest absolute Gasteiger partial charge is 0.394 e. The molecule has 124 valence electrons. The second-order valence-electron chi connectivity index (χ2n) is 7.45. The molecule has 0 bridgehead atoms. The number of unbranched alkanes of at least 4 members (excludes halogenated alkanes) is 1. The second-order valence-corrected chi connectivity index (χ2v) is 7.45. The molecule has 2 fully saturated rings. The third-order valence-electron chi connectivity index (χ3n) is 4.99. The van der Waals surface area contributed by atoms with Crippen molar-refractivity contribution in [1.29, 1.82) is 0 Å². The zero-order valence-corrected chi connectivity index (χ0v) is 14.1. The number of nitrogens with one attached hydrogen (secondary N) is 1. The van der Waals surface area contributed by atoms with Gasteiger partial charge in [-0.05, 0) is 72.1 Å². The van der Waals surface area contributed by atoms with Crippen molar-refractivity contribution in [3.8, 4) is 0 Å². The van der Waals surface area contributed by atoms with E-state index in [1.54, 1.807) is 0 Å². The van der Waals surface area contributed by atoms with E-state index in [0.717, 1.165) is 6.42 Å². The van der Waals surface area contributed by atoms with Crippen molar-refractivity contribution in [2.45, 2.75) is 63.5 Å². The van der Waals surface area contributed by atoms with Crippen LogP contribution in [0.1, 0.15) is 51.9 Å². The van der Waals surface area contributed by atoms with Crippen LogP contribution in [0.2, 0.25) is 0 Å². The Hall–Kier alpha value is -0.160. The fourth-order valence-corrected chi connectivity index (χ4v) is 3.24. The summed E-state index contributed by atoms with van der Waals surface area (Å²) >= 11 is 0. The maximum absolute atomic E-state index is 9.60. The molecule has 21 heavy (non-hydrogen) atoms. The number of nitrogens with zero attached hydrogens (tertiary/aromatic N) is 2. The van der Waals surface area contributed by atoms with E-state index in [2.05, 4.69) is 29.1 Å². The minimum absolute atomic E-state index is 0.0602. The van der Waals surface area contributed by atoms with Gasteiger partial charge in [0, 0.05) is 24.7 Å². The molecule has 1 heterocycles. The van der Waals surface area contributed by atoms with Gasteiger partial charge in [0.2, 0.25) is 0 Å². The molecule has 0 aromatic heterocycles. The average Bonchev–Trinajstić information content (AvgIpc) is 3.12. The summed E-state index contributed by atoms with van der Waals surface area (Å²) in [6, 6.07) is 0.672. The highest BCUT2D eigenvalue weighted by Gasteiger charge is 2.31. The van der Waals surface area contributed by atoms with Crippen LogP contribution in [0.3, 0.4) is 0 Å². The molecule has 0 radical (unpaired) electrons. The third kappa shape index (κ3) is 6.64. The van der Waals surface area contributed by atoms with Crippen molar-refractivity contribution < 1.29 is 5.11 Å². The van der Waals surface area contributed by atoms with Gasteiger partial charge in [-0.3, -0.25) is 0 Å². The fourth-order valence-electron chi connectivity index (χ4n) is 3.24. The van der Waals surface area contributed by atoms with Crippen LogP contribution in [-0.2, 0) is 0 Å². The SMILES string of the molecule is CN(CCCCC(C)(CO)NC1CC1)CCN1CCCC1. The van der Waals surface area contributed by atoms with Crippen LogP contribution in [0.25, 0.3) is 0 Å². The Morgan fingerprint density at radius 1 is 1.19 bits per heavy atom. The Morgan fingerprint density at radius 3 is 2.52 bits per heavy atom. The van der Waals surface area contributed by atoms with E-state index in [9.17, 15) is 5.11 Å². The van der Waals surface area contributed by atoms with Gasteiger partial charge < -0.3 is 20.2 Å². The van der Waals surface area contributed by atoms with Crippen LogP contribution in [0.5, 0.6) is 0 Å². The molecule has 2 rings (SSSR count). The molecular formula is C17H35N3O. The zero-order chi connectivity index (χ0) is 15.1. The van der Waals surface area contributed by atoms with Crippen molar-refractivity contribution in [3.05, 3.63) is 0 Å². The monoisotopic (exact) mass is 297 g/mol. The number of likely N-dealkylation sites (tertiary alicyclic amines) is 1. The smallest absolute Gasteiger partial charge is 0.0610 e. The van der Waals surface area contributed by atoms with Gasteiger partial charge in [-0.2, -0.15) is 0 Å². The average molecular weight is 297 g/mol. The molecule has 0 aromatic rings. The lowest BCUT2D eigenvalue weighted by Crippen LogP contribution is -2.47. The molecular weight excluding hydrogens is 262 g/mol. The van der Waals surface area contributed by atoms with Crippen LogP contribution in [-0.4, -0.2) is 72.9 Å². The van der Waals surface area contributed by atoms with Crippen LogP contribution in [0.4, 0.5) is 0 Å². The third-order valence-corrected chi connectivity index (χ3v) is 4.99. The summed E-state index contributed by atoms with van der Waals surface area (Å²) in [6.45, 7) is 8.63. The van der Waals surface area contributed by atoms with E-state index >= 15 is 0 Å². The first kappa shape index (κ1) is 17.2. The van der Waals surface area contributed by atoms with E-state index in [1.807, 2.05) is 0 Å². The summed E-state index contributed by atoms with van der Waals surface area (Å²) in [6.07, 6.45) is 8.86. The molecule has 1 aliphatic heterocycles. The number of hydrogen-bond acceptors (Lipinski definition) is 4. The fraction of sp³-hybridized carbons (Fsp3) is 1.00. The molecule has 1 aliphatic carbocycles. The van der Waals surface area contributed by atoms with Crippen molar-refractivity contribution in [2.75, 3.05) is 46.4 Å². The lowest BCUT2D eigenvalue weighted by Gasteiger charge is -2.29. The summed E-state index contributed by atoms with van der Waals surface area (Å²) in [5.74, 6) is 0. The van der Waals surface area contributed by atoms with E-state index in [1.165, 1.54) is 71.2 Å². The van der Waals surface area contributed by atoms with Gasteiger partial charge in [-0.25, -0.2) is 0 Å². The molecule has 2 N–H and O–H groups in total. The number of hydrogen-bond donors (Lipinski definition) is 2. The van der Waals surface area contributed by atoms with E-state index in [-0.39, 0.29) is 12.1 Å². The van der Waals surface area contributed by atoms with Crippen molar-refractivity contribution in [3.63, 3.8) is 0 Å². The van der Waals surface area contributed by atoms with Crippen LogP contribution in [0, 0.1) is 0 Å². The molecule has 1 saturated heterocycles. The van der Waals surface area contributed by atoms with Gasteiger partial charge in [0.05, 0.1) is 6.61 Å². The van der Waals surface area contributed by atoms with Crippen molar-refractivity contribution in [2.24, 2.45) is 0 Å². The van der Waals surface area contributed by atoms with Crippen molar-refractivity contribution in [1.82, 2.24) is 15.1 Å². The van der Waals surface area contributed by atoms with Gasteiger partial charge in [-0.15, -0.1) is 0 Å².